The molecular formula is C21H24N2O3. The lowest BCUT2D eigenvalue weighted by molar-refractivity contribution is 0.0950. The Kier molecular flexibility index (Phi) is 3.72. The molecule has 1 aliphatic carbocycles. The minimum Gasteiger partial charge on any atom is -0.455 e. The molecule has 1 N–H and O–H groups in total. The lowest BCUT2D eigenvalue weighted by Crippen LogP contribution is -2.35. The van der Waals surface area contributed by atoms with Crippen LogP contribution in [-0.4, -0.2) is 22.9 Å². The maximum atomic E-state index is 13.3. The minimum atomic E-state index is -0.121. The summed E-state index contributed by atoms with van der Waals surface area (Å²) in [6, 6.07) is 8.10. The molecule has 0 saturated heterocycles. The van der Waals surface area contributed by atoms with Gasteiger partial charge in [-0.15, -0.1) is 0 Å². The van der Waals surface area contributed by atoms with Crippen molar-refractivity contribution in [3.63, 3.8) is 0 Å². The highest BCUT2D eigenvalue weighted by atomic mass is 16.4. The Morgan fingerprint density at radius 2 is 2.04 bits per heavy atom. The summed E-state index contributed by atoms with van der Waals surface area (Å²) in [5.41, 5.74) is 4.25. The molecule has 0 bridgehead atoms. The molecular weight excluding hydrogens is 328 g/mol. The second-order valence-corrected chi connectivity index (χ2v) is 8.28. The molecule has 5 heteroatoms. The van der Waals surface area contributed by atoms with Gasteiger partial charge in [-0.25, -0.2) is 0 Å². The van der Waals surface area contributed by atoms with Crippen molar-refractivity contribution in [3.05, 3.63) is 52.5 Å². The van der Waals surface area contributed by atoms with Crippen LogP contribution in [0.15, 0.2) is 33.8 Å². The van der Waals surface area contributed by atoms with Crippen LogP contribution in [0, 0.1) is 12.3 Å². The van der Waals surface area contributed by atoms with Gasteiger partial charge in [0.15, 0.2) is 5.76 Å². The summed E-state index contributed by atoms with van der Waals surface area (Å²) in [5, 5.41) is 13.0. The quantitative estimate of drug-likeness (QED) is 0.613. The van der Waals surface area contributed by atoms with Crippen molar-refractivity contribution in [1.82, 2.24) is 0 Å². The molecule has 2 aliphatic rings. The molecule has 136 valence electrons. The summed E-state index contributed by atoms with van der Waals surface area (Å²) in [6.07, 6.45) is 2.23. The zero-order chi connectivity index (χ0) is 18.6. The van der Waals surface area contributed by atoms with Crippen molar-refractivity contribution >= 4 is 17.3 Å². The van der Waals surface area contributed by atoms with Crippen LogP contribution in [0.3, 0.4) is 0 Å². The van der Waals surface area contributed by atoms with Crippen LogP contribution in [0.25, 0.3) is 0 Å². The standard InChI is InChI=1S/C21H24N2O3/c1-12-9-14-7-5-6-8-16(14)23(12)20(24)19-13(2)18-15(22-25)10-21(3,4)11-17(18)26-19/h5-8,12,25H,9-11H2,1-4H3/b22-15-. The zero-order valence-corrected chi connectivity index (χ0v) is 15.7. The molecule has 0 saturated carbocycles. The zero-order valence-electron chi connectivity index (χ0n) is 15.7. The Hall–Kier alpha value is -2.56. The lowest BCUT2D eigenvalue weighted by atomic mass is 9.75. The topological polar surface area (TPSA) is 66.0 Å². The first-order valence-electron chi connectivity index (χ1n) is 9.07. The van der Waals surface area contributed by atoms with E-state index < -0.39 is 0 Å². The van der Waals surface area contributed by atoms with Crippen LogP contribution in [0.2, 0.25) is 0 Å². The van der Waals surface area contributed by atoms with E-state index in [0.29, 0.717) is 17.9 Å². The molecule has 2 aromatic rings. The first-order valence-corrected chi connectivity index (χ1v) is 9.07. The molecule has 0 spiro atoms. The lowest BCUT2D eigenvalue weighted by Gasteiger charge is -2.28. The number of benzene rings is 1. The Bertz CT molecular complexity index is 923. The van der Waals surface area contributed by atoms with Gasteiger partial charge >= 0.3 is 0 Å². The Balaban J connectivity index is 1.79. The average molecular weight is 352 g/mol. The van der Waals surface area contributed by atoms with E-state index in [9.17, 15) is 10.0 Å². The summed E-state index contributed by atoms with van der Waals surface area (Å²) < 4.78 is 6.06. The van der Waals surface area contributed by atoms with Crippen LogP contribution in [0.4, 0.5) is 5.69 Å². The normalized spacial score (nSPS) is 22.4. The number of carbonyl (C=O) groups is 1. The van der Waals surface area contributed by atoms with Gasteiger partial charge in [-0.05, 0) is 43.7 Å². The van der Waals surface area contributed by atoms with Crippen LogP contribution < -0.4 is 4.90 Å². The highest BCUT2D eigenvalue weighted by Crippen LogP contribution is 2.40. The third-order valence-electron chi connectivity index (χ3n) is 5.53. The number of rotatable bonds is 1. The molecule has 2 heterocycles. The van der Waals surface area contributed by atoms with Crippen molar-refractivity contribution in [2.75, 3.05) is 4.90 Å². The van der Waals surface area contributed by atoms with Crippen molar-refractivity contribution < 1.29 is 14.4 Å². The number of carbonyl (C=O) groups excluding carboxylic acids is 1. The SMILES string of the molecule is Cc1c(C(=O)N2c3ccccc3CC2C)oc2c1/C(=N\O)CC(C)(C)C2. The van der Waals surface area contributed by atoms with Gasteiger partial charge in [0.25, 0.3) is 5.91 Å². The number of nitrogens with zero attached hydrogens (tertiary/aromatic N) is 2. The Morgan fingerprint density at radius 1 is 1.31 bits per heavy atom. The molecule has 4 rings (SSSR count). The molecule has 0 radical (unpaired) electrons. The van der Waals surface area contributed by atoms with Crippen molar-refractivity contribution in [3.8, 4) is 0 Å². The predicted octanol–water partition coefficient (Wildman–Crippen LogP) is 4.33. The smallest absolute Gasteiger partial charge is 0.294 e. The maximum absolute atomic E-state index is 13.3. The summed E-state index contributed by atoms with van der Waals surface area (Å²) >= 11 is 0. The van der Waals surface area contributed by atoms with E-state index in [-0.39, 0.29) is 17.4 Å². The summed E-state index contributed by atoms with van der Waals surface area (Å²) in [6.45, 7) is 8.16. The van der Waals surface area contributed by atoms with E-state index in [4.69, 9.17) is 4.42 Å². The van der Waals surface area contributed by atoms with Gasteiger partial charge in [0.2, 0.25) is 0 Å². The number of oxime groups is 1. The first-order chi connectivity index (χ1) is 12.3. The number of anilines is 1. The first kappa shape index (κ1) is 16.9. The number of para-hydroxylation sites is 1. The molecule has 1 aromatic carbocycles. The van der Waals surface area contributed by atoms with E-state index >= 15 is 0 Å². The average Bonchev–Trinajstić information content (AvgIpc) is 3.09. The molecule has 5 nitrogen and oxygen atoms in total. The third-order valence-corrected chi connectivity index (χ3v) is 5.53. The van der Waals surface area contributed by atoms with Gasteiger partial charge in [0.1, 0.15) is 5.76 Å². The Labute approximate surface area is 153 Å². The molecule has 26 heavy (non-hydrogen) atoms. The monoisotopic (exact) mass is 352 g/mol. The highest BCUT2D eigenvalue weighted by Gasteiger charge is 2.39. The number of fused-ring (bicyclic) bond motifs is 2. The van der Waals surface area contributed by atoms with E-state index in [1.165, 1.54) is 5.56 Å². The van der Waals surface area contributed by atoms with Crippen LogP contribution >= 0.6 is 0 Å². The Morgan fingerprint density at radius 3 is 2.77 bits per heavy atom. The van der Waals surface area contributed by atoms with Gasteiger partial charge in [-0.3, -0.25) is 4.79 Å². The van der Waals surface area contributed by atoms with Gasteiger partial charge in [-0.1, -0.05) is 37.2 Å². The summed E-state index contributed by atoms with van der Waals surface area (Å²) in [4.78, 5) is 15.2. The fourth-order valence-electron chi connectivity index (χ4n) is 4.39. The third kappa shape index (κ3) is 2.45. The number of amides is 1. The van der Waals surface area contributed by atoms with Crippen molar-refractivity contribution in [2.24, 2.45) is 10.6 Å². The molecule has 1 atom stereocenters. The summed E-state index contributed by atoms with van der Waals surface area (Å²) in [5.74, 6) is 0.983. The second kappa shape index (κ2) is 5.73. The fourth-order valence-corrected chi connectivity index (χ4v) is 4.39. The molecule has 1 amide bonds. The van der Waals surface area contributed by atoms with Gasteiger partial charge in [-0.2, -0.15) is 0 Å². The largest absolute Gasteiger partial charge is 0.455 e. The van der Waals surface area contributed by atoms with Crippen molar-refractivity contribution in [2.45, 2.75) is 53.0 Å². The van der Waals surface area contributed by atoms with Crippen molar-refractivity contribution in [1.29, 1.82) is 0 Å². The molecule has 1 aromatic heterocycles. The minimum absolute atomic E-state index is 0.0628. The van der Waals surface area contributed by atoms with E-state index in [1.807, 2.05) is 30.0 Å². The highest BCUT2D eigenvalue weighted by molar-refractivity contribution is 6.11. The predicted molar refractivity (Wildman–Crippen MR) is 100 cm³/mol. The van der Waals surface area contributed by atoms with E-state index in [1.54, 1.807) is 0 Å². The number of furan rings is 1. The second-order valence-electron chi connectivity index (χ2n) is 8.28. The van der Waals surface area contributed by atoms with E-state index in [2.05, 4.69) is 32.0 Å². The van der Waals surface area contributed by atoms with Crippen LogP contribution in [-0.2, 0) is 12.8 Å². The van der Waals surface area contributed by atoms with Crippen LogP contribution in [0.5, 0.6) is 0 Å². The van der Waals surface area contributed by atoms with Gasteiger partial charge < -0.3 is 14.5 Å². The molecule has 1 aliphatic heterocycles. The number of hydrogen-bond acceptors (Lipinski definition) is 4. The van der Waals surface area contributed by atoms with Gasteiger partial charge in [0.05, 0.1) is 5.71 Å². The number of hydrogen-bond donors (Lipinski definition) is 1. The van der Waals surface area contributed by atoms with E-state index in [0.717, 1.165) is 35.4 Å². The molecule has 0 fully saturated rings. The summed E-state index contributed by atoms with van der Waals surface area (Å²) in [7, 11) is 0. The van der Waals surface area contributed by atoms with Crippen LogP contribution in [0.1, 0.15) is 60.2 Å². The fraction of sp³-hybridized carbons (Fsp3) is 0.429. The molecule has 1 unspecified atom stereocenters. The van der Waals surface area contributed by atoms with Gasteiger partial charge in [0, 0.05) is 29.3 Å². The maximum Gasteiger partial charge on any atom is 0.294 e.